The molecule has 70 valence electrons. The Morgan fingerprint density at radius 1 is 1.75 bits per heavy atom. The van der Waals surface area contributed by atoms with Gasteiger partial charge in [-0.25, -0.2) is 0 Å². The molecule has 0 spiro atoms. The van der Waals surface area contributed by atoms with Crippen molar-refractivity contribution in [2.24, 2.45) is 0 Å². The Morgan fingerprint density at radius 3 is 3.00 bits per heavy atom. The molecule has 1 aliphatic heterocycles. The van der Waals surface area contributed by atoms with Gasteiger partial charge in [0.05, 0.1) is 0 Å². The molecule has 0 aromatic carbocycles. The Balaban J connectivity index is 2.10. The standard InChI is InChI=1S/C8H15ClN2O/c1-11-6-2-3-7(11)4-5-10-8(9)12/h7H,2-6H2,1H3,(H,10,12). The Kier molecular flexibility index (Phi) is 3.82. The van der Waals surface area contributed by atoms with Crippen molar-refractivity contribution in [1.82, 2.24) is 10.2 Å². The van der Waals surface area contributed by atoms with E-state index in [1.165, 1.54) is 19.4 Å². The van der Waals surface area contributed by atoms with Crippen molar-refractivity contribution >= 4 is 17.0 Å². The maximum atomic E-state index is 10.3. The molecule has 0 aliphatic carbocycles. The van der Waals surface area contributed by atoms with Gasteiger partial charge >= 0.3 is 5.37 Å². The molecular formula is C8H15ClN2O. The van der Waals surface area contributed by atoms with E-state index < -0.39 is 5.37 Å². The molecule has 12 heavy (non-hydrogen) atoms. The lowest BCUT2D eigenvalue weighted by molar-refractivity contribution is 0.256. The van der Waals surface area contributed by atoms with Crippen molar-refractivity contribution in [1.29, 1.82) is 0 Å². The van der Waals surface area contributed by atoms with Crippen LogP contribution in [-0.2, 0) is 0 Å². The highest BCUT2D eigenvalue weighted by atomic mass is 35.5. The number of nitrogens with one attached hydrogen (secondary N) is 1. The molecule has 1 amide bonds. The number of halogens is 1. The number of rotatable bonds is 3. The van der Waals surface area contributed by atoms with Crippen LogP contribution in [0.15, 0.2) is 0 Å². The minimum Gasteiger partial charge on any atom is -0.343 e. The van der Waals surface area contributed by atoms with E-state index in [1.54, 1.807) is 0 Å². The van der Waals surface area contributed by atoms with Gasteiger partial charge in [-0.05, 0) is 44.5 Å². The maximum absolute atomic E-state index is 10.3. The summed E-state index contributed by atoms with van der Waals surface area (Å²) in [6, 6.07) is 0.633. The SMILES string of the molecule is CN1CCCC1CCNC(=O)Cl. The highest BCUT2D eigenvalue weighted by Gasteiger charge is 2.19. The van der Waals surface area contributed by atoms with Crippen LogP contribution < -0.4 is 5.32 Å². The van der Waals surface area contributed by atoms with E-state index in [0.717, 1.165) is 6.42 Å². The average Bonchev–Trinajstić information content (AvgIpc) is 2.36. The highest BCUT2D eigenvalue weighted by molar-refractivity contribution is 6.62. The first-order valence-electron chi connectivity index (χ1n) is 4.33. The molecule has 1 unspecified atom stereocenters. The zero-order valence-corrected chi connectivity index (χ0v) is 8.10. The fourth-order valence-electron chi connectivity index (χ4n) is 1.68. The lowest BCUT2D eigenvalue weighted by atomic mass is 10.1. The third-order valence-electron chi connectivity index (χ3n) is 2.41. The van der Waals surface area contributed by atoms with Crippen molar-refractivity contribution < 1.29 is 4.79 Å². The molecule has 1 heterocycles. The van der Waals surface area contributed by atoms with Gasteiger partial charge in [0.15, 0.2) is 0 Å². The van der Waals surface area contributed by atoms with Crippen LogP contribution >= 0.6 is 11.6 Å². The predicted molar refractivity (Wildman–Crippen MR) is 49.5 cm³/mol. The second kappa shape index (κ2) is 4.67. The number of hydrogen-bond acceptors (Lipinski definition) is 2. The number of carbonyl (C=O) groups excluding carboxylic acids is 1. The van der Waals surface area contributed by atoms with Crippen LogP contribution in [0.5, 0.6) is 0 Å². The van der Waals surface area contributed by atoms with Gasteiger partial charge < -0.3 is 10.2 Å². The van der Waals surface area contributed by atoms with Gasteiger partial charge in [0, 0.05) is 12.6 Å². The Hall–Kier alpha value is -0.280. The minimum atomic E-state index is -0.448. The van der Waals surface area contributed by atoms with E-state index in [9.17, 15) is 4.79 Å². The smallest absolute Gasteiger partial charge is 0.313 e. The molecule has 1 atom stereocenters. The fraction of sp³-hybridized carbons (Fsp3) is 0.875. The van der Waals surface area contributed by atoms with Crippen LogP contribution in [0.4, 0.5) is 4.79 Å². The molecular weight excluding hydrogens is 176 g/mol. The number of carbonyl (C=O) groups is 1. The summed E-state index contributed by atoms with van der Waals surface area (Å²) in [4.78, 5) is 12.7. The van der Waals surface area contributed by atoms with Gasteiger partial charge in [0.1, 0.15) is 0 Å². The van der Waals surface area contributed by atoms with Crippen LogP contribution in [0.2, 0.25) is 0 Å². The van der Waals surface area contributed by atoms with E-state index in [2.05, 4.69) is 17.3 Å². The predicted octanol–water partition coefficient (Wildman–Crippen LogP) is 1.42. The average molecular weight is 191 g/mol. The quantitative estimate of drug-likeness (QED) is 0.539. The van der Waals surface area contributed by atoms with Gasteiger partial charge in [-0.15, -0.1) is 0 Å². The monoisotopic (exact) mass is 190 g/mol. The Labute approximate surface area is 78.1 Å². The summed E-state index contributed by atoms with van der Waals surface area (Å²) in [6.07, 6.45) is 3.53. The summed E-state index contributed by atoms with van der Waals surface area (Å²) in [5.74, 6) is 0. The topological polar surface area (TPSA) is 32.3 Å². The fourth-order valence-corrected chi connectivity index (χ4v) is 1.78. The summed E-state index contributed by atoms with van der Waals surface area (Å²) in [6.45, 7) is 1.87. The minimum absolute atomic E-state index is 0.448. The lowest BCUT2D eigenvalue weighted by Crippen LogP contribution is -2.29. The molecule has 1 rings (SSSR count). The lowest BCUT2D eigenvalue weighted by Gasteiger charge is -2.18. The van der Waals surface area contributed by atoms with Crippen LogP contribution in [-0.4, -0.2) is 36.4 Å². The molecule has 1 aliphatic rings. The summed E-state index contributed by atoms with van der Waals surface area (Å²) in [5.41, 5.74) is 0. The molecule has 0 radical (unpaired) electrons. The second-order valence-electron chi connectivity index (χ2n) is 3.27. The molecule has 0 saturated carbocycles. The summed E-state index contributed by atoms with van der Waals surface area (Å²) in [5, 5.41) is 2.14. The van der Waals surface area contributed by atoms with E-state index in [4.69, 9.17) is 11.6 Å². The number of nitrogens with zero attached hydrogens (tertiary/aromatic N) is 1. The van der Waals surface area contributed by atoms with Crippen LogP contribution in [0.1, 0.15) is 19.3 Å². The van der Waals surface area contributed by atoms with E-state index in [0.29, 0.717) is 12.6 Å². The molecule has 3 nitrogen and oxygen atoms in total. The van der Waals surface area contributed by atoms with Crippen LogP contribution in [0.3, 0.4) is 0 Å². The highest BCUT2D eigenvalue weighted by Crippen LogP contribution is 2.16. The Bertz CT molecular complexity index is 163. The molecule has 0 aromatic heterocycles. The van der Waals surface area contributed by atoms with Crippen LogP contribution in [0.25, 0.3) is 0 Å². The number of hydrogen-bond donors (Lipinski definition) is 1. The number of amides is 1. The zero-order chi connectivity index (χ0) is 8.97. The first kappa shape index (κ1) is 9.81. The van der Waals surface area contributed by atoms with Crippen molar-refractivity contribution in [3.05, 3.63) is 0 Å². The van der Waals surface area contributed by atoms with E-state index >= 15 is 0 Å². The van der Waals surface area contributed by atoms with Crippen molar-refractivity contribution in [2.75, 3.05) is 20.1 Å². The summed E-state index contributed by atoms with van der Waals surface area (Å²) in [7, 11) is 2.13. The number of likely N-dealkylation sites (tertiary alicyclic amines) is 1. The third kappa shape index (κ3) is 2.99. The summed E-state index contributed by atoms with van der Waals surface area (Å²) < 4.78 is 0. The van der Waals surface area contributed by atoms with E-state index in [-0.39, 0.29) is 0 Å². The molecule has 4 heteroatoms. The first-order valence-corrected chi connectivity index (χ1v) is 4.71. The third-order valence-corrected chi connectivity index (χ3v) is 2.55. The molecule has 1 fully saturated rings. The van der Waals surface area contributed by atoms with Crippen molar-refractivity contribution in [3.63, 3.8) is 0 Å². The first-order chi connectivity index (χ1) is 5.70. The zero-order valence-electron chi connectivity index (χ0n) is 7.35. The van der Waals surface area contributed by atoms with E-state index in [1.807, 2.05) is 0 Å². The van der Waals surface area contributed by atoms with Crippen molar-refractivity contribution in [2.45, 2.75) is 25.3 Å². The molecule has 1 N–H and O–H groups in total. The van der Waals surface area contributed by atoms with Crippen molar-refractivity contribution in [3.8, 4) is 0 Å². The molecule has 0 aromatic rings. The molecule has 1 saturated heterocycles. The van der Waals surface area contributed by atoms with Crippen LogP contribution in [0, 0.1) is 0 Å². The Morgan fingerprint density at radius 2 is 2.50 bits per heavy atom. The second-order valence-corrected chi connectivity index (χ2v) is 3.61. The summed E-state index contributed by atoms with van der Waals surface area (Å²) >= 11 is 5.14. The van der Waals surface area contributed by atoms with Gasteiger partial charge in [0.25, 0.3) is 0 Å². The van der Waals surface area contributed by atoms with Gasteiger partial charge in [0.2, 0.25) is 0 Å². The molecule has 0 bridgehead atoms. The van der Waals surface area contributed by atoms with Gasteiger partial charge in [-0.2, -0.15) is 0 Å². The normalized spacial score (nSPS) is 24.3. The van der Waals surface area contributed by atoms with Gasteiger partial charge in [-0.3, -0.25) is 4.79 Å². The largest absolute Gasteiger partial charge is 0.343 e. The maximum Gasteiger partial charge on any atom is 0.313 e. The van der Waals surface area contributed by atoms with Gasteiger partial charge in [-0.1, -0.05) is 0 Å².